The summed E-state index contributed by atoms with van der Waals surface area (Å²) in [6.07, 6.45) is 6.48. The van der Waals surface area contributed by atoms with Gasteiger partial charge in [0.15, 0.2) is 16.6 Å². The summed E-state index contributed by atoms with van der Waals surface area (Å²) in [7, 11) is 1.62. The highest BCUT2D eigenvalue weighted by Crippen LogP contribution is 2.34. The highest BCUT2D eigenvalue weighted by Gasteiger charge is 2.14. The number of rotatable bonds is 13. The van der Waals surface area contributed by atoms with Gasteiger partial charge in [-0.05, 0) is 75.2 Å². The Bertz CT molecular complexity index is 1500. The van der Waals surface area contributed by atoms with Crippen molar-refractivity contribution in [2.24, 2.45) is 0 Å². The van der Waals surface area contributed by atoms with Gasteiger partial charge in [0.1, 0.15) is 6.61 Å². The Balaban J connectivity index is 1.16. The number of hydrogen-bond acceptors (Lipinski definition) is 9. The first kappa shape index (κ1) is 29.5. The van der Waals surface area contributed by atoms with Crippen LogP contribution in [0.5, 0.6) is 11.5 Å². The minimum atomic E-state index is -0.0523. The maximum atomic E-state index is 13.0. The van der Waals surface area contributed by atoms with E-state index in [4.69, 9.17) is 19.2 Å². The number of carbonyl (C=O) groups excluding carboxylic acids is 1. The van der Waals surface area contributed by atoms with E-state index in [0.29, 0.717) is 18.1 Å². The first-order valence-corrected chi connectivity index (χ1v) is 15.1. The predicted octanol–water partition coefficient (Wildman–Crippen LogP) is 6.41. The third-order valence-corrected chi connectivity index (χ3v) is 8.01. The predicted molar refractivity (Wildman–Crippen MR) is 168 cm³/mol. The van der Waals surface area contributed by atoms with E-state index in [0.717, 1.165) is 90.1 Å². The average molecular weight is 588 g/mol. The zero-order valence-corrected chi connectivity index (χ0v) is 24.9. The van der Waals surface area contributed by atoms with Crippen LogP contribution in [0.25, 0.3) is 10.2 Å². The molecule has 220 valence electrons. The normalized spacial score (nSPS) is 14.1. The molecule has 2 N–H and O–H groups in total. The number of pyridine rings is 1. The van der Waals surface area contributed by atoms with Crippen LogP contribution in [-0.2, 0) is 16.1 Å². The maximum Gasteiger partial charge on any atom is 0.251 e. The molecule has 0 spiro atoms. The van der Waals surface area contributed by atoms with Crippen LogP contribution in [0.4, 0.5) is 16.5 Å². The molecular formula is C32H37N5O4S. The standard InChI is InChI=1S/C32H37N5O4S/c1-3-23(8-5-7-15-37-16-18-40-19-17-37)31(38)34-25-10-12-27-30(21-25)42-32(36-27)35-24-11-13-28(29(20-24)39-2)41-22-26-9-4-6-14-33-26/h3-4,6,9-14,20-21H,5,7-8,15-19,22H2,1-2H3,(H,34,38)(H,35,36)/b23-3+. The van der Waals surface area contributed by atoms with Crippen LogP contribution in [0.3, 0.4) is 0 Å². The highest BCUT2D eigenvalue weighted by molar-refractivity contribution is 7.22. The van der Waals surface area contributed by atoms with E-state index in [9.17, 15) is 4.79 Å². The van der Waals surface area contributed by atoms with Crippen molar-refractivity contribution in [3.63, 3.8) is 0 Å². The van der Waals surface area contributed by atoms with Gasteiger partial charge in [0.25, 0.3) is 5.91 Å². The minimum Gasteiger partial charge on any atom is -0.493 e. The molecule has 2 aromatic carbocycles. The van der Waals surface area contributed by atoms with Crippen LogP contribution < -0.4 is 20.1 Å². The second kappa shape index (κ2) is 14.8. The molecule has 0 atom stereocenters. The average Bonchev–Trinajstić information content (AvgIpc) is 3.42. The number of methoxy groups -OCH3 is 1. The quantitative estimate of drug-likeness (QED) is 0.137. The summed E-state index contributed by atoms with van der Waals surface area (Å²) in [6.45, 7) is 6.95. The SMILES string of the molecule is C/C=C(\CCCCN1CCOCC1)C(=O)Nc1ccc2nc(Nc3ccc(OCc4ccccn4)c(OC)c3)sc2c1. The van der Waals surface area contributed by atoms with E-state index < -0.39 is 0 Å². The number of hydrogen-bond donors (Lipinski definition) is 2. The van der Waals surface area contributed by atoms with Gasteiger partial charge in [-0.1, -0.05) is 23.5 Å². The van der Waals surface area contributed by atoms with Crippen molar-refractivity contribution in [1.29, 1.82) is 0 Å². The lowest BCUT2D eigenvalue weighted by molar-refractivity contribution is -0.113. The van der Waals surface area contributed by atoms with Gasteiger partial charge in [-0.25, -0.2) is 4.98 Å². The summed E-state index contributed by atoms with van der Waals surface area (Å²) < 4.78 is 17.9. The fourth-order valence-electron chi connectivity index (χ4n) is 4.76. The van der Waals surface area contributed by atoms with Gasteiger partial charge in [0, 0.05) is 42.3 Å². The second-order valence-electron chi connectivity index (χ2n) is 9.98. The van der Waals surface area contributed by atoms with Gasteiger partial charge in [0.05, 0.1) is 36.2 Å². The largest absolute Gasteiger partial charge is 0.493 e. The lowest BCUT2D eigenvalue weighted by Crippen LogP contribution is -2.36. The minimum absolute atomic E-state index is 0.0523. The number of fused-ring (bicyclic) bond motifs is 1. The molecule has 4 aromatic rings. The fraction of sp³-hybridized carbons (Fsp3) is 0.344. The molecule has 2 aromatic heterocycles. The summed E-state index contributed by atoms with van der Waals surface area (Å²) >= 11 is 1.52. The number of anilines is 3. The van der Waals surface area contributed by atoms with Crippen LogP contribution in [0, 0.1) is 0 Å². The van der Waals surface area contributed by atoms with E-state index in [1.807, 2.05) is 67.6 Å². The number of aromatic nitrogens is 2. The van der Waals surface area contributed by atoms with Gasteiger partial charge < -0.3 is 24.8 Å². The number of nitrogens with zero attached hydrogens (tertiary/aromatic N) is 3. The number of morpholine rings is 1. The summed E-state index contributed by atoms with van der Waals surface area (Å²) in [5, 5.41) is 7.17. The molecule has 10 heteroatoms. The topological polar surface area (TPSA) is 97.8 Å². The highest BCUT2D eigenvalue weighted by atomic mass is 32.1. The summed E-state index contributed by atoms with van der Waals surface area (Å²) in [5.74, 6) is 1.20. The molecule has 42 heavy (non-hydrogen) atoms. The zero-order valence-electron chi connectivity index (χ0n) is 24.1. The van der Waals surface area contributed by atoms with Gasteiger partial charge in [-0.2, -0.15) is 0 Å². The molecule has 1 aliphatic rings. The van der Waals surface area contributed by atoms with Gasteiger partial charge >= 0.3 is 0 Å². The van der Waals surface area contributed by atoms with E-state index in [1.165, 1.54) is 11.3 Å². The Morgan fingerprint density at radius 2 is 1.93 bits per heavy atom. The maximum absolute atomic E-state index is 13.0. The molecule has 1 amide bonds. The van der Waals surface area contributed by atoms with Crippen molar-refractivity contribution in [1.82, 2.24) is 14.9 Å². The van der Waals surface area contributed by atoms with Gasteiger partial charge in [-0.3, -0.25) is 14.7 Å². The number of nitrogens with one attached hydrogen (secondary N) is 2. The van der Waals surface area contributed by atoms with Crippen LogP contribution >= 0.6 is 11.3 Å². The molecule has 9 nitrogen and oxygen atoms in total. The molecule has 0 bridgehead atoms. The summed E-state index contributed by atoms with van der Waals surface area (Å²) in [4.78, 5) is 24.4. The molecule has 0 radical (unpaired) electrons. The molecule has 0 aliphatic carbocycles. The smallest absolute Gasteiger partial charge is 0.251 e. The lowest BCUT2D eigenvalue weighted by Gasteiger charge is -2.26. The Kier molecular flexibility index (Phi) is 10.4. The van der Waals surface area contributed by atoms with E-state index in [2.05, 4.69) is 20.5 Å². The molecule has 0 saturated carbocycles. The van der Waals surface area contributed by atoms with Crippen molar-refractivity contribution in [3.8, 4) is 11.5 Å². The Morgan fingerprint density at radius 1 is 1.07 bits per heavy atom. The molecule has 1 saturated heterocycles. The molecule has 0 unspecified atom stereocenters. The number of benzene rings is 2. The van der Waals surface area contributed by atoms with Crippen molar-refractivity contribution in [3.05, 3.63) is 78.1 Å². The molecule has 5 rings (SSSR count). The van der Waals surface area contributed by atoms with Crippen LogP contribution in [0.2, 0.25) is 0 Å². The summed E-state index contributed by atoms with van der Waals surface area (Å²) in [5.41, 5.74) is 4.10. The first-order chi connectivity index (χ1) is 20.6. The number of ether oxygens (including phenoxy) is 3. The van der Waals surface area contributed by atoms with Crippen LogP contribution in [-0.4, -0.2) is 60.7 Å². The number of carbonyl (C=O) groups is 1. The fourth-order valence-corrected chi connectivity index (χ4v) is 5.68. The Morgan fingerprint density at radius 3 is 2.71 bits per heavy atom. The van der Waals surface area contributed by atoms with Crippen molar-refractivity contribution in [2.45, 2.75) is 32.8 Å². The van der Waals surface area contributed by atoms with Crippen LogP contribution in [0.1, 0.15) is 31.9 Å². The number of amides is 1. The van der Waals surface area contributed by atoms with Gasteiger partial charge in [-0.15, -0.1) is 0 Å². The van der Waals surface area contributed by atoms with Crippen molar-refractivity contribution < 1.29 is 19.0 Å². The number of thiazole rings is 1. The van der Waals surface area contributed by atoms with Crippen molar-refractivity contribution >= 4 is 44.0 Å². The molecule has 3 heterocycles. The lowest BCUT2D eigenvalue weighted by atomic mass is 10.1. The van der Waals surface area contributed by atoms with E-state index in [1.54, 1.807) is 13.3 Å². The third-order valence-electron chi connectivity index (χ3n) is 7.08. The van der Waals surface area contributed by atoms with Gasteiger partial charge in [0.2, 0.25) is 0 Å². The second-order valence-corrected chi connectivity index (χ2v) is 11.0. The Hall–Kier alpha value is -3.99. The molecule has 1 fully saturated rings. The van der Waals surface area contributed by atoms with Crippen LogP contribution in [0.15, 0.2) is 72.4 Å². The first-order valence-electron chi connectivity index (χ1n) is 14.3. The Labute approximate surface area is 250 Å². The van der Waals surface area contributed by atoms with E-state index >= 15 is 0 Å². The monoisotopic (exact) mass is 587 g/mol. The third kappa shape index (κ3) is 8.06. The number of allylic oxidation sites excluding steroid dienone is 1. The zero-order chi connectivity index (χ0) is 29.1. The van der Waals surface area contributed by atoms with Crippen molar-refractivity contribution in [2.75, 3.05) is 50.6 Å². The van der Waals surface area contributed by atoms with E-state index in [-0.39, 0.29) is 5.91 Å². The molecule has 1 aliphatic heterocycles. The summed E-state index contributed by atoms with van der Waals surface area (Å²) in [6, 6.07) is 17.2. The number of unbranched alkanes of at least 4 members (excludes halogenated alkanes) is 1. The molecular weight excluding hydrogens is 550 g/mol.